The number of benzene rings is 1. The van der Waals surface area contributed by atoms with Crippen LogP contribution in [0.5, 0.6) is 0 Å². The molecule has 0 saturated carbocycles. The summed E-state index contributed by atoms with van der Waals surface area (Å²) >= 11 is 0. The molecule has 1 rings (SSSR count). The van der Waals surface area contributed by atoms with Crippen molar-refractivity contribution in [2.45, 2.75) is 19.4 Å². The lowest BCUT2D eigenvalue weighted by Gasteiger charge is -2.07. The number of ketones is 1. The molecular formula is C11H11NO2. The molecule has 72 valence electrons. The van der Waals surface area contributed by atoms with E-state index in [2.05, 4.69) is 0 Å². The van der Waals surface area contributed by atoms with Crippen LogP contribution >= 0.6 is 0 Å². The van der Waals surface area contributed by atoms with Crippen molar-refractivity contribution in [2.75, 3.05) is 0 Å². The van der Waals surface area contributed by atoms with Crippen molar-refractivity contribution < 1.29 is 9.90 Å². The van der Waals surface area contributed by atoms with Gasteiger partial charge >= 0.3 is 0 Å². The van der Waals surface area contributed by atoms with Crippen LogP contribution in [0, 0.1) is 11.3 Å². The summed E-state index contributed by atoms with van der Waals surface area (Å²) in [6.45, 7) is 1.70. The number of Topliss-reactive ketones (excluding diaryl/α,β-unsaturated/α-hetero) is 1. The molecule has 1 atom stereocenters. The lowest BCUT2D eigenvalue weighted by atomic mass is 10.0. The summed E-state index contributed by atoms with van der Waals surface area (Å²) in [6.07, 6.45) is -0.756. The maximum Gasteiger partial charge on any atom is 0.165 e. The minimum atomic E-state index is -1.06. The normalized spacial score (nSPS) is 11.8. The molecule has 0 heterocycles. The third-order valence-corrected chi connectivity index (χ3v) is 2.01. The largest absolute Gasteiger partial charge is 0.381 e. The molecule has 0 amide bonds. The SMILES string of the molecule is CCC(=O)C(O)c1ccc(C#N)cc1. The van der Waals surface area contributed by atoms with Gasteiger partial charge in [0.15, 0.2) is 5.78 Å². The average Bonchev–Trinajstić information content (AvgIpc) is 2.27. The highest BCUT2D eigenvalue weighted by Crippen LogP contribution is 2.15. The maximum absolute atomic E-state index is 11.2. The van der Waals surface area contributed by atoms with Crippen molar-refractivity contribution >= 4 is 5.78 Å². The third kappa shape index (κ3) is 2.18. The van der Waals surface area contributed by atoms with Crippen LogP contribution in [-0.2, 0) is 4.79 Å². The zero-order valence-electron chi connectivity index (χ0n) is 7.90. The summed E-state index contributed by atoms with van der Waals surface area (Å²) in [6, 6.07) is 8.33. The second-order valence-electron chi connectivity index (χ2n) is 2.96. The molecule has 3 heteroatoms. The molecule has 0 aliphatic heterocycles. The van der Waals surface area contributed by atoms with E-state index in [-0.39, 0.29) is 5.78 Å². The van der Waals surface area contributed by atoms with E-state index in [0.29, 0.717) is 17.5 Å². The van der Waals surface area contributed by atoms with Crippen LogP contribution in [0.1, 0.15) is 30.6 Å². The predicted octanol–water partition coefficient (Wildman–Crippen LogP) is 1.57. The van der Waals surface area contributed by atoms with E-state index in [1.807, 2.05) is 6.07 Å². The number of rotatable bonds is 3. The van der Waals surface area contributed by atoms with E-state index in [1.54, 1.807) is 31.2 Å². The van der Waals surface area contributed by atoms with Gasteiger partial charge in [-0.1, -0.05) is 19.1 Å². The van der Waals surface area contributed by atoms with Crippen LogP contribution in [-0.4, -0.2) is 10.9 Å². The molecule has 1 unspecified atom stereocenters. The number of carbonyl (C=O) groups is 1. The van der Waals surface area contributed by atoms with Crippen molar-refractivity contribution in [1.29, 1.82) is 5.26 Å². The highest BCUT2D eigenvalue weighted by Gasteiger charge is 2.14. The number of aliphatic hydroxyl groups excluding tert-OH is 1. The lowest BCUT2D eigenvalue weighted by Crippen LogP contribution is -2.10. The zero-order chi connectivity index (χ0) is 10.6. The van der Waals surface area contributed by atoms with E-state index < -0.39 is 6.10 Å². The van der Waals surface area contributed by atoms with Gasteiger partial charge in [-0.3, -0.25) is 4.79 Å². The van der Waals surface area contributed by atoms with Crippen LogP contribution in [0.2, 0.25) is 0 Å². The number of carbonyl (C=O) groups excluding carboxylic acids is 1. The topological polar surface area (TPSA) is 61.1 Å². The van der Waals surface area contributed by atoms with Crippen molar-refractivity contribution in [2.24, 2.45) is 0 Å². The van der Waals surface area contributed by atoms with Gasteiger partial charge in [0.05, 0.1) is 11.6 Å². The van der Waals surface area contributed by atoms with Gasteiger partial charge in [0, 0.05) is 6.42 Å². The first-order valence-corrected chi connectivity index (χ1v) is 4.40. The first-order chi connectivity index (χ1) is 6.69. The Labute approximate surface area is 82.6 Å². The van der Waals surface area contributed by atoms with Crippen molar-refractivity contribution in [3.63, 3.8) is 0 Å². The Bertz CT molecular complexity index is 362. The Morgan fingerprint density at radius 2 is 2.07 bits per heavy atom. The number of nitrogens with zero attached hydrogens (tertiary/aromatic N) is 1. The first-order valence-electron chi connectivity index (χ1n) is 4.40. The highest BCUT2D eigenvalue weighted by molar-refractivity contribution is 5.83. The summed E-state index contributed by atoms with van der Waals surface area (Å²) in [5.41, 5.74) is 1.06. The lowest BCUT2D eigenvalue weighted by molar-refractivity contribution is -0.127. The number of nitriles is 1. The van der Waals surface area contributed by atoms with Crippen molar-refractivity contribution in [1.82, 2.24) is 0 Å². The van der Waals surface area contributed by atoms with E-state index in [1.165, 1.54) is 0 Å². The molecule has 0 aromatic heterocycles. The quantitative estimate of drug-likeness (QED) is 0.785. The molecule has 1 aromatic carbocycles. The van der Waals surface area contributed by atoms with Gasteiger partial charge in [0.25, 0.3) is 0 Å². The van der Waals surface area contributed by atoms with Gasteiger partial charge in [0.1, 0.15) is 6.10 Å². The summed E-state index contributed by atoms with van der Waals surface area (Å²) in [4.78, 5) is 11.2. The van der Waals surface area contributed by atoms with Gasteiger partial charge in [-0.15, -0.1) is 0 Å². The molecule has 0 spiro atoms. The minimum Gasteiger partial charge on any atom is -0.381 e. The highest BCUT2D eigenvalue weighted by atomic mass is 16.3. The predicted molar refractivity (Wildman–Crippen MR) is 51.4 cm³/mol. The van der Waals surface area contributed by atoms with Crippen molar-refractivity contribution in [3.8, 4) is 6.07 Å². The van der Waals surface area contributed by atoms with Crippen LogP contribution in [0.25, 0.3) is 0 Å². The molecule has 1 N–H and O–H groups in total. The monoisotopic (exact) mass is 189 g/mol. The molecule has 0 fully saturated rings. The Balaban J connectivity index is 2.88. The fourth-order valence-corrected chi connectivity index (χ4v) is 1.12. The summed E-state index contributed by atoms with van der Waals surface area (Å²) in [5, 5.41) is 18.1. The Kier molecular flexibility index (Phi) is 3.38. The second kappa shape index (κ2) is 4.54. The second-order valence-corrected chi connectivity index (χ2v) is 2.96. The van der Waals surface area contributed by atoms with Crippen LogP contribution in [0.15, 0.2) is 24.3 Å². The van der Waals surface area contributed by atoms with Gasteiger partial charge in [-0.05, 0) is 17.7 Å². The number of aliphatic hydroxyl groups is 1. The Morgan fingerprint density at radius 1 is 1.50 bits per heavy atom. The molecule has 0 radical (unpaired) electrons. The molecule has 0 aliphatic rings. The van der Waals surface area contributed by atoms with Crippen LogP contribution < -0.4 is 0 Å². The first kappa shape index (κ1) is 10.4. The minimum absolute atomic E-state index is 0.213. The molecule has 14 heavy (non-hydrogen) atoms. The molecule has 1 aromatic rings. The van der Waals surface area contributed by atoms with Crippen molar-refractivity contribution in [3.05, 3.63) is 35.4 Å². The number of hydrogen-bond donors (Lipinski definition) is 1. The summed E-state index contributed by atoms with van der Waals surface area (Å²) in [5.74, 6) is -0.213. The fraction of sp³-hybridized carbons (Fsp3) is 0.273. The molecular weight excluding hydrogens is 178 g/mol. The zero-order valence-corrected chi connectivity index (χ0v) is 7.90. The Hall–Kier alpha value is -1.66. The third-order valence-electron chi connectivity index (χ3n) is 2.01. The number of hydrogen-bond acceptors (Lipinski definition) is 3. The smallest absolute Gasteiger partial charge is 0.165 e. The standard InChI is InChI=1S/C11H11NO2/c1-2-10(13)11(14)9-5-3-8(7-12)4-6-9/h3-6,11,14H,2H2,1H3. The van der Waals surface area contributed by atoms with E-state index in [0.717, 1.165) is 0 Å². The molecule has 0 aliphatic carbocycles. The fourth-order valence-electron chi connectivity index (χ4n) is 1.12. The van der Waals surface area contributed by atoms with Crippen LogP contribution in [0.4, 0.5) is 0 Å². The molecule has 3 nitrogen and oxygen atoms in total. The molecule has 0 bridgehead atoms. The van der Waals surface area contributed by atoms with Gasteiger partial charge in [-0.25, -0.2) is 0 Å². The average molecular weight is 189 g/mol. The van der Waals surface area contributed by atoms with Gasteiger partial charge in [0.2, 0.25) is 0 Å². The van der Waals surface area contributed by atoms with E-state index in [9.17, 15) is 9.90 Å². The summed E-state index contributed by atoms with van der Waals surface area (Å²) < 4.78 is 0. The Morgan fingerprint density at radius 3 is 2.50 bits per heavy atom. The van der Waals surface area contributed by atoms with Crippen LogP contribution in [0.3, 0.4) is 0 Å². The molecule has 0 saturated heterocycles. The maximum atomic E-state index is 11.2. The van der Waals surface area contributed by atoms with Gasteiger partial charge < -0.3 is 5.11 Å². The summed E-state index contributed by atoms with van der Waals surface area (Å²) in [7, 11) is 0. The van der Waals surface area contributed by atoms with E-state index in [4.69, 9.17) is 5.26 Å². The van der Waals surface area contributed by atoms with E-state index >= 15 is 0 Å². The van der Waals surface area contributed by atoms with Gasteiger partial charge in [-0.2, -0.15) is 5.26 Å².